The molecule has 2 aromatic rings. The van der Waals surface area contributed by atoms with Crippen LogP contribution in [0.1, 0.15) is 12.2 Å². The van der Waals surface area contributed by atoms with Crippen LogP contribution in [-0.4, -0.2) is 45.7 Å². The first kappa shape index (κ1) is 16.5. The van der Waals surface area contributed by atoms with E-state index in [1.807, 2.05) is 0 Å². The molecule has 1 amide bonds. The minimum absolute atomic E-state index is 0.0299. The molecule has 3 rings (SSSR count). The van der Waals surface area contributed by atoms with Gasteiger partial charge in [-0.2, -0.15) is 0 Å². The van der Waals surface area contributed by atoms with Crippen molar-refractivity contribution in [3.8, 4) is 5.75 Å². The second-order valence-corrected chi connectivity index (χ2v) is 6.35. The predicted molar refractivity (Wildman–Crippen MR) is 88.1 cm³/mol. The van der Waals surface area contributed by atoms with Gasteiger partial charge in [0.05, 0.1) is 18.4 Å². The van der Waals surface area contributed by atoms with Crippen molar-refractivity contribution in [2.45, 2.75) is 24.6 Å². The Morgan fingerprint density at radius 3 is 2.96 bits per heavy atom. The Balaban J connectivity index is 1.51. The summed E-state index contributed by atoms with van der Waals surface area (Å²) in [6.45, 7) is 2.84. The zero-order chi connectivity index (χ0) is 16.9. The summed E-state index contributed by atoms with van der Waals surface area (Å²) >= 11 is 1.32. The molecule has 3 heterocycles. The SMILES string of the molecule is Cc1cc(OC2CCN(C(=O)CSc3ncccn3)C2)cc(=O)o1. The molecule has 24 heavy (non-hydrogen) atoms. The summed E-state index contributed by atoms with van der Waals surface area (Å²) < 4.78 is 10.7. The molecule has 0 saturated carbocycles. The lowest BCUT2D eigenvalue weighted by molar-refractivity contribution is -0.127. The van der Waals surface area contributed by atoms with Crippen LogP contribution in [0.5, 0.6) is 5.75 Å². The van der Waals surface area contributed by atoms with Gasteiger partial charge in [0, 0.05) is 31.4 Å². The van der Waals surface area contributed by atoms with Crippen LogP contribution in [0.4, 0.5) is 0 Å². The number of aryl methyl sites for hydroxylation is 1. The van der Waals surface area contributed by atoms with Crippen LogP contribution in [0.3, 0.4) is 0 Å². The number of rotatable bonds is 5. The Kier molecular flexibility index (Phi) is 5.14. The van der Waals surface area contributed by atoms with E-state index in [0.29, 0.717) is 35.5 Å². The first-order valence-electron chi connectivity index (χ1n) is 7.56. The molecule has 8 heteroatoms. The summed E-state index contributed by atoms with van der Waals surface area (Å²) in [6, 6.07) is 4.73. The van der Waals surface area contributed by atoms with E-state index in [2.05, 4.69) is 9.97 Å². The average molecular weight is 347 g/mol. The number of carbonyl (C=O) groups excluding carboxylic acids is 1. The van der Waals surface area contributed by atoms with Gasteiger partial charge in [0.15, 0.2) is 5.16 Å². The molecule has 1 aliphatic rings. The number of amides is 1. The van der Waals surface area contributed by atoms with Gasteiger partial charge in [-0.1, -0.05) is 11.8 Å². The first-order chi connectivity index (χ1) is 11.6. The Bertz CT molecular complexity index is 765. The fourth-order valence-corrected chi connectivity index (χ4v) is 3.17. The maximum Gasteiger partial charge on any atom is 0.339 e. The van der Waals surface area contributed by atoms with Crippen LogP contribution in [0.15, 0.2) is 45.0 Å². The molecule has 0 aliphatic carbocycles. The Labute approximate surface area is 143 Å². The molecule has 0 spiro atoms. The highest BCUT2D eigenvalue weighted by atomic mass is 32.2. The Hall–Kier alpha value is -2.35. The smallest absolute Gasteiger partial charge is 0.339 e. The highest BCUT2D eigenvalue weighted by molar-refractivity contribution is 7.99. The molecule has 0 aromatic carbocycles. The van der Waals surface area contributed by atoms with Gasteiger partial charge in [-0.05, 0) is 13.0 Å². The lowest BCUT2D eigenvalue weighted by Crippen LogP contribution is -2.32. The zero-order valence-corrected chi connectivity index (χ0v) is 14.0. The van der Waals surface area contributed by atoms with Gasteiger partial charge in [0.1, 0.15) is 17.6 Å². The molecule has 1 saturated heterocycles. The van der Waals surface area contributed by atoms with E-state index in [4.69, 9.17) is 9.15 Å². The van der Waals surface area contributed by atoms with Gasteiger partial charge in [0.25, 0.3) is 0 Å². The molecule has 7 nitrogen and oxygen atoms in total. The number of carbonyl (C=O) groups is 1. The summed E-state index contributed by atoms with van der Waals surface area (Å²) in [5.41, 5.74) is -0.435. The van der Waals surface area contributed by atoms with Crippen molar-refractivity contribution >= 4 is 17.7 Å². The van der Waals surface area contributed by atoms with Crippen molar-refractivity contribution in [1.29, 1.82) is 0 Å². The van der Waals surface area contributed by atoms with Crippen LogP contribution in [0, 0.1) is 6.92 Å². The minimum Gasteiger partial charge on any atom is -0.488 e. The van der Waals surface area contributed by atoms with Crippen LogP contribution >= 0.6 is 11.8 Å². The molecule has 1 atom stereocenters. The van der Waals surface area contributed by atoms with E-state index in [-0.39, 0.29) is 12.0 Å². The van der Waals surface area contributed by atoms with Crippen molar-refractivity contribution in [2.75, 3.05) is 18.8 Å². The van der Waals surface area contributed by atoms with Gasteiger partial charge in [-0.15, -0.1) is 0 Å². The standard InChI is InChI=1S/C16H17N3O4S/c1-11-7-13(8-15(21)22-11)23-12-3-6-19(9-12)14(20)10-24-16-17-4-2-5-18-16/h2,4-5,7-8,12H,3,6,9-10H2,1H3. The average Bonchev–Trinajstić information content (AvgIpc) is 3.01. The summed E-state index contributed by atoms with van der Waals surface area (Å²) in [6.07, 6.45) is 3.92. The Morgan fingerprint density at radius 2 is 2.21 bits per heavy atom. The van der Waals surface area contributed by atoms with Crippen molar-refractivity contribution in [2.24, 2.45) is 0 Å². The normalized spacial score (nSPS) is 17.0. The molecular weight excluding hydrogens is 330 g/mol. The van der Waals surface area contributed by atoms with Crippen LogP contribution in [-0.2, 0) is 4.79 Å². The van der Waals surface area contributed by atoms with Crippen LogP contribution < -0.4 is 10.4 Å². The molecule has 1 unspecified atom stereocenters. The number of hydrogen-bond acceptors (Lipinski definition) is 7. The molecule has 0 bridgehead atoms. The monoisotopic (exact) mass is 347 g/mol. The molecule has 0 N–H and O–H groups in total. The molecule has 2 aromatic heterocycles. The highest BCUT2D eigenvalue weighted by Gasteiger charge is 2.27. The minimum atomic E-state index is -0.435. The largest absolute Gasteiger partial charge is 0.488 e. The Morgan fingerprint density at radius 1 is 1.42 bits per heavy atom. The molecule has 1 fully saturated rings. The van der Waals surface area contributed by atoms with Crippen molar-refractivity contribution in [3.05, 3.63) is 46.8 Å². The third kappa shape index (κ3) is 4.35. The topological polar surface area (TPSA) is 85.5 Å². The zero-order valence-electron chi connectivity index (χ0n) is 13.2. The van der Waals surface area contributed by atoms with E-state index in [1.165, 1.54) is 17.8 Å². The molecular formula is C16H17N3O4S. The lowest BCUT2D eigenvalue weighted by atomic mass is 10.3. The van der Waals surface area contributed by atoms with E-state index in [9.17, 15) is 9.59 Å². The molecule has 126 valence electrons. The van der Waals surface area contributed by atoms with Crippen LogP contribution in [0.25, 0.3) is 0 Å². The van der Waals surface area contributed by atoms with E-state index in [1.54, 1.807) is 36.4 Å². The molecule has 1 aliphatic heterocycles. The fourth-order valence-electron chi connectivity index (χ4n) is 2.46. The number of likely N-dealkylation sites (tertiary alicyclic amines) is 1. The van der Waals surface area contributed by atoms with Gasteiger partial charge in [-0.25, -0.2) is 14.8 Å². The summed E-state index contributed by atoms with van der Waals surface area (Å²) in [4.78, 5) is 33.5. The van der Waals surface area contributed by atoms with Crippen molar-refractivity contribution < 1.29 is 13.9 Å². The van der Waals surface area contributed by atoms with Gasteiger partial charge in [0.2, 0.25) is 5.91 Å². The number of hydrogen-bond donors (Lipinski definition) is 0. The van der Waals surface area contributed by atoms with Crippen molar-refractivity contribution in [3.63, 3.8) is 0 Å². The van der Waals surface area contributed by atoms with Gasteiger partial charge in [-0.3, -0.25) is 4.79 Å². The summed E-state index contributed by atoms with van der Waals surface area (Å²) in [5, 5.41) is 0.587. The summed E-state index contributed by atoms with van der Waals surface area (Å²) in [7, 11) is 0. The van der Waals surface area contributed by atoms with Crippen LogP contribution in [0.2, 0.25) is 0 Å². The van der Waals surface area contributed by atoms with Gasteiger partial charge < -0.3 is 14.1 Å². The second kappa shape index (κ2) is 7.48. The van der Waals surface area contributed by atoms with Crippen molar-refractivity contribution in [1.82, 2.24) is 14.9 Å². The maximum atomic E-state index is 12.3. The van der Waals surface area contributed by atoms with E-state index < -0.39 is 5.63 Å². The number of aromatic nitrogens is 2. The second-order valence-electron chi connectivity index (χ2n) is 5.41. The predicted octanol–water partition coefficient (Wildman–Crippen LogP) is 1.51. The first-order valence-corrected chi connectivity index (χ1v) is 8.55. The number of thioether (sulfide) groups is 1. The third-order valence-electron chi connectivity index (χ3n) is 3.53. The molecule has 0 radical (unpaired) electrons. The third-order valence-corrected chi connectivity index (χ3v) is 4.39. The van der Waals surface area contributed by atoms with Gasteiger partial charge >= 0.3 is 5.63 Å². The quantitative estimate of drug-likeness (QED) is 0.598. The number of ether oxygens (including phenoxy) is 1. The summed E-state index contributed by atoms with van der Waals surface area (Å²) in [5.74, 6) is 1.31. The number of nitrogens with zero attached hydrogens (tertiary/aromatic N) is 3. The highest BCUT2D eigenvalue weighted by Crippen LogP contribution is 2.20. The fraction of sp³-hybridized carbons (Fsp3) is 0.375. The lowest BCUT2D eigenvalue weighted by Gasteiger charge is -2.17. The van der Waals surface area contributed by atoms with E-state index in [0.717, 1.165) is 6.42 Å². The van der Waals surface area contributed by atoms with E-state index >= 15 is 0 Å². The maximum absolute atomic E-state index is 12.3.